The second kappa shape index (κ2) is 12.8. The van der Waals surface area contributed by atoms with E-state index < -0.39 is 0 Å². The Morgan fingerprint density at radius 1 is 0.559 bits per heavy atom. The molecule has 178 valence electrons. The molecule has 0 radical (unpaired) electrons. The number of anilines is 2. The van der Waals surface area contributed by atoms with E-state index in [0.717, 1.165) is 26.2 Å². The summed E-state index contributed by atoms with van der Waals surface area (Å²) in [5.41, 5.74) is 7.61. The third-order valence-electron chi connectivity index (χ3n) is 6.50. The molecule has 3 aromatic rings. The van der Waals surface area contributed by atoms with Crippen LogP contribution in [0.25, 0.3) is 12.2 Å². The Balaban J connectivity index is 1.81. The Hall–Kier alpha value is -3.26. The Bertz CT molecular complexity index is 970. The molecule has 0 unspecified atom stereocenters. The van der Waals surface area contributed by atoms with Crippen LogP contribution in [0, 0.1) is 6.92 Å². The van der Waals surface area contributed by atoms with E-state index >= 15 is 0 Å². The first-order valence-electron chi connectivity index (χ1n) is 12.7. The molecule has 34 heavy (non-hydrogen) atoms. The minimum Gasteiger partial charge on any atom is -0.372 e. The second-order valence-corrected chi connectivity index (χ2v) is 8.68. The summed E-state index contributed by atoms with van der Waals surface area (Å²) in [5.74, 6) is 0.213. The molecule has 0 spiro atoms. The maximum Gasteiger partial charge on any atom is 0.0366 e. The topological polar surface area (TPSA) is 6.48 Å². The number of aryl methyl sites for hydroxylation is 1. The van der Waals surface area contributed by atoms with Gasteiger partial charge in [0.15, 0.2) is 0 Å². The Kier molecular flexibility index (Phi) is 9.58. The molecule has 2 nitrogen and oxygen atoms in total. The van der Waals surface area contributed by atoms with E-state index in [1.54, 1.807) is 0 Å². The summed E-state index contributed by atoms with van der Waals surface area (Å²) in [5, 5.41) is 0. The van der Waals surface area contributed by atoms with Crippen LogP contribution in [0.3, 0.4) is 0 Å². The lowest BCUT2D eigenvalue weighted by molar-refractivity contribution is 0.866. The summed E-state index contributed by atoms with van der Waals surface area (Å²) in [4.78, 5) is 4.74. The van der Waals surface area contributed by atoms with Gasteiger partial charge in [-0.2, -0.15) is 0 Å². The quantitative estimate of drug-likeness (QED) is 0.289. The maximum atomic E-state index is 2.37. The first-order chi connectivity index (χ1) is 16.6. The van der Waals surface area contributed by atoms with Gasteiger partial charge in [0.1, 0.15) is 0 Å². The SMILES string of the molecule is CCN(CC)c1ccc(C=CC(C=Cc2ccc(N(CC)CC)cc2)c2ccc(C)cc2)cc1. The van der Waals surface area contributed by atoms with Crippen LogP contribution in [0.15, 0.2) is 84.9 Å². The van der Waals surface area contributed by atoms with Gasteiger partial charge in [0, 0.05) is 43.5 Å². The number of hydrogen-bond donors (Lipinski definition) is 0. The molecule has 0 aliphatic rings. The molecule has 0 heterocycles. The predicted octanol–water partition coefficient (Wildman–Crippen LogP) is 8.20. The van der Waals surface area contributed by atoms with Gasteiger partial charge in [-0.05, 0) is 75.6 Å². The minimum atomic E-state index is 0.213. The molecule has 3 aromatic carbocycles. The van der Waals surface area contributed by atoms with Crippen molar-refractivity contribution in [1.82, 2.24) is 0 Å². The van der Waals surface area contributed by atoms with Gasteiger partial charge in [-0.25, -0.2) is 0 Å². The predicted molar refractivity (Wildman–Crippen MR) is 152 cm³/mol. The van der Waals surface area contributed by atoms with Gasteiger partial charge in [0.05, 0.1) is 0 Å². The molecule has 0 fully saturated rings. The highest BCUT2D eigenvalue weighted by Crippen LogP contribution is 2.24. The third kappa shape index (κ3) is 6.87. The summed E-state index contributed by atoms with van der Waals surface area (Å²) in [6, 6.07) is 26.6. The van der Waals surface area contributed by atoms with Crippen molar-refractivity contribution in [2.75, 3.05) is 36.0 Å². The number of allylic oxidation sites excluding steroid dienone is 2. The Labute approximate surface area is 207 Å². The van der Waals surface area contributed by atoms with Crippen LogP contribution in [0.1, 0.15) is 55.9 Å². The van der Waals surface area contributed by atoms with Crippen LogP contribution in [-0.4, -0.2) is 26.2 Å². The average molecular weight is 453 g/mol. The van der Waals surface area contributed by atoms with Gasteiger partial charge >= 0.3 is 0 Å². The molecular weight excluding hydrogens is 412 g/mol. The zero-order valence-electron chi connectivity index (χ0n) is 21.5. The van der Waals surface area contributed by atoms with Crippen molar-refractivity contribution >= 4 is 23.5 Å². The van der Waals surface area contributed by atoms with Gasteiger partial charge in [0.25, 0.3) is 0 Å². The van der Waals surface area contributed by atoms with Crippen LogP contribution < -0.4 is 9.80 Å². The summed E-state index contributed by atoms with van der Waals surface area (Å²) in [6.07, 6.45) is 9.09. The fraction of sp³-hybridized carbons (Fsp3) is 0.312. The van der Waals surface area contributed by atoms with Crippen molar-refractivity contribution < 1.29 is 0 Å². The summed E-state index contributed by atoms with van der Waals surface area (Å²) in [6.45, 7) is 15.1. The second-order valence-electron chi connectivity index (χ2n) is 8.68. The molecule has 0 amide bonds. The molecule has 0 saturated carbocycles. The normalized spacial score (nSPS) is 12.4. The van der Waals surface area contributed by atoms with Crippen molar-refractivity contribution in [3.8, 4) is 0 Å². The zero-order chi connectivity index (χ0) is 24.3. The smallest absolute Gasteiger partial charge is 0.0366 e. The van der Waals surface area contributed by atoms with Crippen LogP contribution in [0.5, 0.6) is 0 Å². The van der Waals surface area contributed by atoms with E-state index in [0.29, 0.717) is 0 Å². The van der Waals surface area contributed by atoms with E-state index in [-0.39, 0.29) is 5.92 Å². The molecule has 0 aromatic heterocycles. The molecule has 2 heteroatoms. The van der Waals surface area contributed by atoms with Crippen molar-refractivity contribution in [2.24, 2.45) is 0 Å². The van der Waals surface area contributed by atoms with Crippen molar-refractivity contribution in [3.05, 3.63) is 107 Å². The highest BCUT2D eigenvalue weighted by Gasteiger charge is 2.06. The highest BCUT2D eigenvalue weighted by molar-refractivity contribution is 5.60. The van der Waals surface area contributed by atoms with Crippen LogP contribution in [0.2, 0.25) is 0 Å². The van der Waals surface area contributed by atoms with Gasteiger partial charge < -0.3 is 9.80 Å². The molecular formula is C32H40N2. The first kappa shape index (κ1) is 25.4. The number of nitrogens with zero attached hydrogens (tertiary/aromatic N) is 2. The van der Waals surface area contributed by atoms with E-state index in [2.05, 4.69) is 142 Å². The molecule has 0 atom stereocenters. The van der Waals surface area contributed by atoms with Crippen LogP contribution >= 0.6 is 0 Å². The van der Waals surface area contributed by atoms with Crippen LogP contribution in [0.4, 0.5) is 11.4 Å². The van der Waals surface area contributed by atoms with E-state index in [1.807, 2.05) is 0 Å². The minimum absolute atomic E-state index is 0.213. The summed E-state index contributed by atoms with van der Waals surface area (Å²) < 4.78 is 0. The van der Waals surface area contributed by atoms with Gasteiger partial charge in [-0.1, -0.05) is 78.4 Å². The number of hydrogen-bond acceptors (Lipinski definition) is 2. The number of benzene rings is 3. The molecule has 0 N–H and O–H groups in total. The third-order valence-corrected chi connectivity index (χ3v) is 6.50. The van der Waals surface area contributed by atoms with E-state index in [4.69, 9.17) is 0 Å². The molecule has 0 aliphatic carbocycles. The van der Waals surface area contributed by atoms with Crippen molar-refractivity contribution in [3.63, 3.8) is 0 Å². The summed E-state index contributed by atoms with van der Waals surface area (Å²) in [7, 11) is 0. The standard InChI is InChI=1S/C32H40N2/c1-6-33(7-2)31-22-14-27(15-23-31)12-20-30(29-18-10-26(5)11-19-29)21-13-28-16-24-32(25-17-28)34(8-3)9-4/h10-25,30H,6-9H2,1-5H3. The summed E-state index contributed by atoms with van der Waals surface area (Å²) >= 11 is 0. The first-order valence-corrected chi connectivity index (χ1v) is 12.7. The molecule has 0 aliphatic heterocycles. The van der Waals surface area contributed by atoms with Crippen LogP contribution in [-0.2, 0) is 0 Å². The van der Waals surface area contributed by atoms with Crippen molar-refractivity contribution in [2.45, 2.75) is 40.5 Å². The lowest BCUT2D eigenvalue weighted by Crippen LogP contribution is -2.21. The lowest BCUT2D eigenvalue weighted by Gasteiger charge is -2.21. The van der Waals surface area contributed by atoms with E-state index in [9.17, 15) is 0 Å². The zero-order valence-corrected chi connectivity index (χ0v) is 21.5. The largest absolute Gasteiger partial charge is 0.372 e. The van der Waals surface area contributed by atoms with E-state index in [1.165, 1.54) is 33.6 Å². The fourth-order valence-corrected chi connectivity index (χ4v) is 4.27. The maximum absolute atomic E-state index is 2.37. The lowest BCUT2D eigenvalue weighted by atomic mass is 9.95. The molecule has 3 rings (SSSR count). The van der Waals surface area contributed by atoms with Gasteiger partial charge in [-0.15, -0.1) is 0 Å². The number of rotatable bonds is 11. The molecule has 0 bridgehead atoms. The molecule has 0 saturated heterocycles. The highest BCUT2D eigenvalue weighted by atomic mass is 15.1. The van der Waals surface area contributed by atoms with Gasteiger partial charge in [0.2, 0.25) is 0 Å². The Morgan fingerprint density at radius 3 is 1.29 bits per heavy atom. The van der Waals surface area contributed by atoms with Crippen molar-refractivity contribution in [1.29, 1.82) is 0 Å². The average Bonchev–Trinajstić information content (AvgIpc) is 2.88. The monoisotopic (exact) mass is 452 g/mol. The fourth-order valence-electron chi connectivity index (χ4n) is 4.27. The van der Waals surface area contributed by atoms with Gasteiger partial charge in [-0.3, -0.25) is 0 Å². The Morgan fingerprint density at radius 2 is 0.941 bits per heavy atom.